The van der Waals surface area contributed by atoms with E-state index in [0.29, 0.717) is 27.7 Å². The van der Waals surface area contributed by atoms with E-state index in [-0.39, 0.29) is 24.8 Å². The molecule has 7 heteroatoms. The Kier molecular flexibility index (Phi) is 4.81. The average molecular weight is 399 g/mol. The summed E-state index contributed by atoms with van der Waals surface area (Å²) in [5, 5.41) is 0.474. The van der Waals surface area contributed by atoms with Gasteiger partial charge >= 0.3 is 5.97 Å². The first kappa shape index (κ1) is 18.5. The number of methoxy groups -OCH3 is 1. The summed E-state index contributed by atoms with van der Waals surface area (Å²) in [6.45, 7) is 2.36. The van der Waals surface area contributed by atoms with E-state index in [0.717, 1.165) is 11.9 Å². The van der Waals surface area contributed by atoms with Crippen molar-refractivity contribution in [2.24, 2.45) is 5.92 Å². The minimum Gasteiger partial charge on any atom is -0.469 e. The molecular weight excluding hydrogens is 380 g/mol. The summed E-state index contributed by atoms with van der Waals surface area (Å²) in [7, 11) is 1.33. The van der Waals surface area contributed by atoms with Crippen molar-refractivity contribution in [1.29, 1.82) is 0 Å². The van der Waals surface area contributed by atoms with E-state index in [1.165, 1.54) is 12.7 Å². The topological polar surface area (TPSA) is 72.6 Å². The van der Waals surface area contributed by atoms with E-state index in [4.69, 9.17) is 20.8 Å². The Morgan fingerprint density at radius 3 is 2.89 bits per heavy atom. The smallest absolute Gasteiger partial charge is 0.311 e. The van der Waals surface area contributed by atoms with Crippen LogP contribution in [0.5, 0.6) is 0 Å². The molecule has 1 aliphatic rings. The number of amides is 1. The molecule has 1 aromatic heterocycles. The summed E-state index contributed by atoms with van der Waals surface area (Å²) in [5.74, 6) is -0.579. The molecule has 1 fully saturated rings. The number of rotatable bonds is 4. The maximum absolute atomic E-state index is 12.4. The lowest BCUT2D eigenvalue weighted by Crippen LogP contribution is -2.26. The number of fused-ring (bicyclic) bond motifs is 1. The van der Waals surface area contributed by atoms with Crippen LogP contribution in [0.3, 0.4) is 0 Å². The molecule has 0 N–H and O–H groups in total. The first-order valence-corrected chi connectivity index (χ1v) is 9.45. The first-order chi connectivity index (χ1) is 13.5. The number of carbonyl (C=O) groups is 2. The Labute approximate surface area is 167 Å². The molecule has 1 saturated heterocycles. The highest BCUT2D eigenvalue weighted by atomic mass is 35.5. The number of nitrogens with zero attached hydrogens (tertiary/aromatic N) is 2. The first-order valence-electron chi connectivity index (χ1n) is 9.07. The van der Waals surface area contributed by atoms with Crippen molar-refractivity contribution in [3.05, 3.63) is 47.0 Å². The zero-order valence-corrected chi connectivity index (χ0v) is 16.3. The molecule has 1 aliphatic heterocycles. The molecule has 2 heterocycles. The van der Waals surface area contributed by atoms with Gasteiger partial charge in [0.15, 0.2) is 5.58 Å². The molecule has 0 radical (unpaired) electrons. The number of hydrogen-bond acceptors (Lipinski definition) is 5. The highest BCUT2D eigenvalue weighted by Gasteiger charge is 2.36. The van der Waals surface area contributed by atoms with Gasteiger partial charge in [-0.25, -0.2) is 4.98 Å². The molecule has 0 unspecified atom stereocenters. The average Bonchev–Trinajstić information content (AvgIpc) is 3.30. The maximum Gasteiger partial charge on any atom is 0.311 e. The second kappa shape index (κ2) is 7.28. The molecule has 0 saturated carbocycles. The Balaban J connectivity index is 1.70. The van der Waals surface area contributed by atoms with Gasteiger partial charge in [-0.15, -0.1) is 0 Å². The van der Waals surface area contributed by atoms with Gasteiger partial charge in [0.1, 0.15) is 5.52 Å². The summed E-state index contributed by atoms with van der Waals surface area (Å²) in [4.78, 5) is 30.3. The molecule has 1 amide bonds. The number of esters is 1. The van der Waals surface area contributed by atoms with E-state index < -0.39 is 5.92 Å². The van der Waals surface area contributed by atoms with E-state index in [1.54, 1.807) is 23.1 Å². The van der Waals surface area contributed by atoms with Crippen LogP contribution in [0.25, 0.3) is 22.6 Å². The summed E-state index contributed by atoms with van der Waals surface area (Å²) >= 11 is 6.38. The Hall–Kier alpha value is -2.86. The standard InChI is InChI=1S/C21H19ClN2O4/c1-3-12-4-7-18-17(8-12)23-20(28-18)15-10-14(5-6-16(15)22)24-11-13(9-19(24)25)21(26)27-2/h4-8,10,13H,3,9,11H2,1-2H3/t13-/m0/s1. The van der Waals surface area contributed by atoms with Crippen LogP contribution in [0.4, 0.5) is 5.69 Å². The highest BCUT2D eigenvalue weighted by Crippen LogP contribution is 2.35. The van der Waals surface area contributed by atoms with Crippen molar-refractivity contribution >= 4 is 40.3 Å². The number of aryl methyl sites for hydroxylation is 1. The summed E-state index contributed by atoms with van der Waals surface area (Å²) in [5.41, 5.74) is 3.86. The molecule has 1 atom stereocenters. The molecule has 0 bridgehead atoms. The van der Waals surface area contributed by atoms with Gasteiger partial charge in [-0.05, 0) is 42.3 Å². The van der Waals surface area contributed by atoms with Crippen molar-refractivity contribution in [2.75, 3.05) is 18.6 Å². The SMILES string of the molecule is CCc1ccc2oc(-c3cc(N4C[C@@H](C(=O)OC)CC4=O)ccc3Cl)nc2c1. The molecule has 2 aromatic carbocycles. The fraction of sp³-hybridized carbons (Fsp3) is 0.286. The molecule has 144 valence electrons. The molecule has 0 spiro atoms. The Morgan fingerprint density at radius 1 is 1.32 bits per heavy atom. The number of aromatic nitrogens is 1. The number of ether oxygens (including phenoxy) is 1. The number of oxazole rings is 1. The predicted octanol–water partition coefficient (Wildman–Crippen LogP) is 4.24. The monoisotopic (exact) mass is 398 g/mol. The van der Waals surface area contributed by atoms with Gasteiger partial charge in [0, 0.05) is 18.7 Å². The van der Waals surface area contributed by atoms with Gasteiger partial charge in [0.25, 0.3) is 0 Å². The quantitative estimate of drug-likeness (QED) is 0.615. The second-order valence-corrected chi connectivity index (χ2v) is 7.17. The Bertz CT molecular complexity index is 1080. The molecule has 6 nitrogen and oxygen atoms in total. The van der Waals surface area contributed by atoms with Crippen molar-refractivity contribution in [3.63, 3.8) is 0 Å². The third-order valence-electron chi connectivity index (χ3n) is 5.01. The van der Waals surface area contributed by atoms with E-state index in [1.807, 2.05) is 18.2 Å². The van der Waals surface area contributed by atoms with E-state index >= 15 is 0 Å². The van der Waals surface area contributed by atoms with Crippen LogP contribution in [-0.4, -0.2) is 30.5 Å². The van der Waals surface area contributed by atoms with Crippen LogP contribution in [0.15, 0.2) is 40.8 Å². The van der Waals surface area contributed by atoms with Crippen molar-refractivity contribution in [1.82, 2.24) is 4.98 Å². The molecule has 0 aliphatic carbocycles. The molecular formula is C21H19ClN2O4. The van der Waals surface area contributed by atoms with Crippen molar-refractivity contribution in [3.8, 4) is 11.5 Å². The normalized spacial score (nSPS) is 16.8. The number of carbonyl (C=O) groups excluding carboxylic acids is 2. The van der Waals surface area contributed by atoms with Crippen LogP contribution < -0.4 is 4.90 Å². The number of halogens is 1. The van der Waals surface area contributed by atoms with Gasteiger partial charge in [-0.1, -0.05) is 24.6 Å². The van der Waals surface area contributed by atoms with E-state index in [2.05, 4.69) is 11.9 Å². The van der Waals surface area contributed by atoms with Gasteiger partial charge in [-0.3, -0.25) is 9.59 Å². The third-order valence-corrected chi connectivity index (χ3v) is 5.34. The van der Waals surface area contributed by atoms with E-state index in [9.17, 15) is 9.59 Å². The van der Waals surface area contributed by atoms with Crippen LogP contribution >= 0.6 is 11.6 Å². The number of benzene rings is 2. The zero-order chi connectivity index (χ0) is 19.8. The third kappa shape index (κ3) is 3.24. The van der Waals surface area contributed by atoms with Crippen LogP contribution in [-0.2, 0) is 20.7 Å². The fourth-order valence-electron chi connectivity index (χ4n) is 3.43. The lowest BCUT2D eigenvalue weighted by molar-refractivity contribution is -0.145. The van der Waals surface area contributed by atoms with Gasteiger partial charge in [0.2, 0.25) is 11.8 Å². The predicted molar refractivity (Wildman–Crippen MR) is 106 cm³/mol. The molecule has 28 heavy (non-hydrogen) atoms. The van der Waals surface area contributed by atoms with Crippen molar-refractivity contribution in [2.45, 2.75) is 19.8 Å². The van der Waals surface area contributed by atoms with Crippen molar-refractivity contribution < 1.29 is 18.7 Å². The van der Waals surface area contributed by atoms with Crippen LogP contribution in [0.1, 0.15) is 18.9 Å². The number of anilines is 1. The largest absolute Gasteiger partial charge is 0.469 e. The summed E-state index contributed by atoms with van der Waals surface area (Å²) in [6.07, 6.45) is 1.04. The number of hydrogen-bond donors (Lipinski definition) is 0. The minimum atomic E-state index is -0.464. The van der Waals surface area contributed by atoms with Gasteiger partial charge in [-0.2, -0.15) is 0 Å². The highest BCUT2D eigenvalue weighted by molar-refractivity contribution is 6.33. The van der Waals surface area contributed by atoms with Gasteiger partial charge in [0.05, 0.1) is 23.6 Å². The zero-order valence-electron chi connectivity index (χ0n) is 15.6. The maximum atomic E-state index is 12.4. The minimum absolute atomic E-state index is 0.131. The summed E-state index contributed by atoms with van der Waals surface area (Å²) in [6, 6.07) is 11.1. The molecule has 4 rings (SSSR count). The van der Waals surface area contributed by atoms with Gasteiger partial charge < -0.3 is 14.1 Å². The Morgan fingerprint density at radius 2 is 2.14 bits per heavy atom. The lowest BCUT2D eigenvalue weighted by atomic mass is 10.1. The fourth-order valence-corrected chi connectivity index (χ4v) is 3.63. The van der Waals surface area contributed by atoms with Crippen LogP contribution in [0, 0.1) is 5.92 Å². The molecule has 3 aromatic rings. The van der Waals surface area contributed by atoms with Crippen LogP contribution in [0.2, 0.25) is 5.02 Å². The second-order valence-electron chi connectivity index (χ2n) is 6.77. The summed E-state index contributed by atoms with van der Waals surface area (Å²) < 4.78 is 10.6. The lowest BCUT2D eigenvalue weighted by Gasteiger charge is -2.17.